The van der Waals surface area contributed by atoms with Gasteiger partial charge in [0, 0.05) is 6.54 Å². The number of benzene rings is 2. The van der Waals surface area contributed by atoms with E-state index in [1.165, 1.54) is 0 Å². The Balaban J connectivity index is 2.06. The Kier molecular flexibility index (Phi) is 6.46. The summed E-state index contributed by atoms with van der Waals surface area (Å²) >= 11 is 6.22. The first-order chi connectivity index (χ1) is 11.6. The van der Waals surface area contributed by atoms with E-state index in [4.69, 9.17) is 26.8 Å². The zero-order valence-electron chi connectivity index (χ0n) is 13.7. The first-order valence-electron chi connectivity index (χ1n) is 7.64. The van der Waals surface area contributed by atoms with Crippen LogP contribution in [0.4, 0.5) is 0 Å². The van der Waals surface area contributed by atoms with E-state index in [2.05, 4.69) is 5.32 Å². The van der Waals surface area contributed by atoms with Gasteiger partial charge in [-0.3, -0.25) is 4.79 Å². The van der Waals surface area contributed by atoms with Crippen LogP contribution in [0, 0.1) is 0 Å². The fourth-order valence-electron chi connectivity index (χ4n) is 2.27. The van der Waals surface area contributed by atoms with E-state index in [9.17, 15) is 4.79 Å². The van der Waals surface area contributed by atoms with Crippen LogP contribution in [0.25, 0.3) is 0 Å². The molecule has 3 N–H and O–H groups in total. The number of hydrogen-bond donors (Lipinski definition) is 2. The summed E-state index contributed by atoms with van der Waals surface area (Å²) in [6, 6.07) is 12.0. The molecule has 0 bridgehead atoms. The van der Waals surface area contributed by atoms with Crippen LogP contribution in [0.15, 0.2) is 42.5 Å². The number of nitrogens with two attached hydrogens (primary N) is 1. The molecule has 0 radical (unpaired) electrons. The Hall–Kier alpha value is -2.24. The molecule has 0 fully saturated rings. The normalized spacial score (nSPS) is 11.7. The maximum absolute atomic E-state index is 12.2. The molecule has 0 spiro atoms. The lowest BCUT2D eigenvalue weighted by atomic mass is 10.1. The summed E-state index contributed by atoms with van der Waals surface area (Å²) in [5, 5.41) is 3.25. The fraction of sp³-hybridized carbons (Fsp3) is 0.278. The Morgan fingerprint density at radius 1 is 1.29 bits per heavy atom. The van der Waals surface area contributed by atoms with Crippen molar-refractivity contribution in [3.63, 3.8) is 0 Å². The molecule has 6 heteroatoms. The highest BCUT2D eigenvalue weighted by Gasteiger charge is 2.16. The molecule has 0 aliphatic heterocycles. The zero-order valence-corrected chi connectivity index (χ0v) is 14.5. The molecule has 24 heavy (non-hydrogen) atoms. The van der Waals surface area contributed by atoms with E-state index >= 15 is 0 Å². The van der Waals surface area contributed by atoms with Gasteiger partial charge in [0.25, 0.3) is 0 Å². The monoisotopic (exact) mass is 348 g/mol. The van der Waals surface area contributed by atoms with Crippen molar-refractivity contribution in [3.8, 4) is 11.5 Å². The van der Waals surface area contributed by atoms with E-state index in [1.54, 1.807) is 19.2 Å². The lowest BCUT2D eigenvalue weighted by molar-refractivity contribution is -0.122. The third-order valence-electron chi connectivity index (χ3n) is 3.49. The summed E-state index contributed by atoms with van der Waals surface area (Å²) in [6.45, 7) is 2.65. The van der Waals surface area contributed by atoms with Crippen molar-refractivity contribution >= 4 is 17.5 Å². The smallest absolute Gasteiger partial charge is 0.241 e. The van der Waals surface area contributed by atoms with Gasteiger partial charge in [-0.1, -0.05) is 41.9 Å². The van der Waals surface area contributed by atoms with Crippen molar-refractivity contribution in [1.82, 2.24) is 5.32 Å². The van der Waals surface area contributed by atoms with Gasteiger partial charge in [-0.05, 0) is 30.2 Å². The molecule has 128 valence electrons. The summed E-state index contributed by atoms with van der Waals surface area (Å²) in [6.07, 6.45) is 0. The molecule has 2 rings (SSSR count). The highest BCUT2D eigenvalue weighted by molar-refractivity contribution is 6.32. The number of carbonyl (C=O) groups excluding carboxylic acids is 1. The summed E-state index contributed by atoms with van der Waals surface area (Å²) in [5.41, 5.74) is 7.53. The fourth-order valence-corrected chi connectivity index (χ4v) is 2.56. The van der Waals surface area contributed by atoms with Crippen molar-refractivity contribution < 1.29 is 14.3 Å². The Morgan fingerprint density at radius 2 is 2.00 bits per heavy atom. The van der Waals surface area contributed by atoms with Crippen molar-refractivity contribution in [3.05, 3.63) is 58.6 Å². The topological polar surface area (TPSA) is 73.6 Å². The highest BCUT2D eigenvalue weighted by Crippen LogP contribution is 2.36. The molecule has 0 saturated heterocycles. The molecule has 5 nitrogen and oxygen atoms in total. The van der Waals surface area contributed by atoms with Gasteiger partial charge in [0.2, 0.25) is 5.91 Å². The SMILES string of the molecule is CCOc1c(Cl)cc(CNC(=O)C(N)c2ccccc2)cc1OC. The molecule has 1 amide bonds. The summed E-state index contributed by atoms with van der Waals surface area (Å²) in [5.74, 6) is 0.767. The number of ether oxygens (including phenoxy) is 2. The second kappa shape index (κ2) is 8.57. The van der Waals surface area contributed by atoms with Crippen molar-refractivity contribution in [2.24, 2.45) is 5.73 Å². The van der Waals surface area contributed by atoms with E-state index in [0.29, 0.717) is 29.7 Å². The van der Waals surface area contributed by atoms with Gasteiger partial charge < -0.3 is 20.5 Å². The number of rotatable bonds is 7. The molecule has 2 aromatic rings. The number of amides is 1. The molecular weight excluding hydrogens is 328 g/mol. The average Bonchev–Trinajstić information content (AvgIpc) is 2.61. The van der Waals surface area contributed by atoms with Gasteiger partial charge in [0.15, 0.2) is 11.5 Å². The predicted molar refractivity (Wildman–Crippen MR) is 94.4 cm³/mol. The second-order valence-corrected chi connectivity index (χ2v) is 5.56. The lowest BCUT2D eigenvalue weighted by Gasteiger charge is -2.15. The van der Waals surface area contributed by atoms with E-state index < -0.39 is 6.04 Å². The highest BCUT2D eigenvalue weighted by atomic mass is 35.5. The van der Waals surface area contributed by atoms with Crippen LogP contribution in [-0.4, -0.2) is 19.6 Å². The van der Waals surface area contributed by atoms with Crippen molar-refractivity contribution in [2.45, 2.75) is 19.5 Å². The molecular formula is C18H21ClN2O3. The van der Waals surface area contributed by atoms with E-state index in [1.807, 2.05) is 37.3 Å². The van der Waals surface area contributed by atoms with Gasteiger partial charge in [-0.15, -0.1) is 0 Å². The maximum Gasteiger partial charge on any atom is 0.241 e. The standard InChI is InChI=1S/C18H21ClN2O3/c1-3-24-17-14(19)9-12(10-15(17)23-2)11-21-18(22)16(20)13-7-5-4-6-8-13/h4-10,16H,3,11,20H2,1-2H3,(H,21,22). The molecule has 2 aromatic carbocycles. The predicted octanol–water partition coefficient (Wildman–Crippen LogP) is 3.06. The van der Waals surface area contributed by atoms with Crippen LogP contribution in [0.1, 0.15) is 24.1 Å². The number of methoxy groups -OCH3 is 1. The van der Waals surface area contributed by atoms with Gasteiger partial charge in [0.1, 0.15) is 6.04 Å². The quantitative estimate of drug-likeness (QED) is 0.806. The number of carbonyl (C=O) groups is 1. The first-order valence-corrected chi connectivity index (χ1v) is 8.02. The summed E-state index contributed by atoms with van der Waals surface area (Å²) < 4.78 is 10.8. The molecule has 1 atom stereocenters. The minimum atomic E-state index is -0.716. The molecule has 0 heterocycles. The van der Waals surface area contributed by atoms with Gasteiger partial charge in [0.05, 0.1) is 18.7 Å². The number of halogens is 1. The van der Waals surface area contributed by atoms with Gasteiger partial charge in [-0.25, -0.2) is 0 Å². The molecule has 0 saturated carbocycles. The van der Waals surface area contributed by atoms with Crippen molar-refractivity contribution in [1.29, 1.82) is 0 Å². The van der Waals surface area contributed by atoms with Crippen LogP contribution in [0.3, 0.4) is 0 Å². The third kappa shape index (κ3) is 4.40. The molecule has 1 unspecified atom stereocenters. The minimum Gasteiger partial charge on any atom is -0.493 e. The molecule has 0 aliphatic rings. The van der Waals surface area contributed by atoms with Crippen LogP contribution in [0.5, 0.6) is 11.5 Å². The number of nitrogens with one attached hydrogen (secondary N) is 1. The van der Waals surface area contributed by atoms with Gasteiger partial charge >= 0.3 is 0 Å². The van der Waals surface area contributed by atoms with Crippen LogP contribution in [-0.2, 0) is 11.3 Å². The Morgan fingerprint density at radius 3 is 2.62 bits per heavy atom. The van der Waals surface area contributed by atoms with Crippen LogP contribution < -0.4 is 20.5 Å². The second-order valence-electron chi connectivity index (χ2n) is 5.15. The average molecular weight is 349 g/mol. The lowest BCUT2D eigenvalue weighted by Crippen LogP contribution is -2.33. The summed E-state index contributed by atoms with van der Waals surface area (Å²) in [7, 11) is 1.54. The van der Waals surface area contributed by atoms with Gasteiger partial charge in [-0.2, -0.15) is 0 Å². The Labute approximate surface area is 146 Å². The number of hydrogen-bond acceptors (Lipinski definition) is 4. The first kappa shape index (κ1) is 18.1. The Bertz CT molecular complexity index is 692. The maximum atomic E-state index is 12.2. The third-order valence-corrected chi connectivity index (χ3v) is 3.77. The minimum absolute atomic E-state index is 0.259. The van der Waals surface area contributed by atoms with Crippen molar-refractivity contribution in [2.75, 3.05) is 13.7 Å². The summed E-state index contributed by atoms with van der Waals surface area (Å²) in [4.78, 5) is 12.2. The van der Waals surface area contributed by atoms with Crippen LogP contribution >= 0.6 is 11.6 Å². The van der Waals surface area contributed by atoms with E-state index in [0.717, 1.165) is 11.1 Å². The van der Waals surface area contributed by atoms with E-state index in [-0.39, 0.29) is 5.91 Å². The largest absolute Gasteiger partial charge is 0.493 e. The molecule has 0 aromatic heterocycles. The molecule has 0 aliphatic carbocycles. The zero-order chi connectivity index (χ0) is 17.5. The van der Waals surface area contributed by atoms with Crippen LogP contribution in [0.2, 0.25) is 5.02 Å².